The Morgan fingerprint density at radius 1 is 0.590 bits per heavy atom. The van der Waals surface area contributed by atoms with Crippen molar-refractivity contribution in [2.45, 2.75) is 101 Å². The standard InChI is InChI=1S/C34H40F2O2S/c35-33-19-25(31-13-5-11-29(31)23-7-1-2-8-23)15-17-27(33)21-39(37,38)22-28-18-16-26(20-34(28)36)32-14-6-12-30(32)24-9-3-4-10-24/h15-20,23-24H,1-14,21-22H2. The van der Waals surface area contributed by atoms with Gasteiger partial charge in [-0.3, -0.25) is 0 Å². The third kappa shape index (κ3) is 5.80. The molecule has 4 aliphatic carbocycles. The van der Waals surface area contributed by atoms with Crippen LogP contribution in [0.1, 0.15) is 112 Å². The van der Waals surface area contributed by atoms with Crippen molar-refractivity contribution in [2.75, 3.05) is 0 Å². The van der Waals surface area contributed by atoms with E-state index < -0.39 is 33.0 Å². The zero-order chi connectivity index (χ0) is 27.0. The zero-order valence-corrected chi connectivity index (χ0v) is 23.7. The molecule has 2 fully saturated rings. The lowest BCUT2D eigenvalue weighted by Gasteiger charge is -2.16. The van der Waals surface area contributed by atoms with E-state index in [4.69, 9.17) is 0 Å². The fourth-order valence-corrected chi connectivity index (χ4v) is 9.39. The molecule has 0 heterocycles. The Labute approximate surface area is 232 Å². The van der Waals surface area contributed by atoms with E-state index in [9.17, 15) is 8.42 Å². The summed E-state index contributed by atoms with van der Waals surface area (Å²) in [6, 6.07) is 10.1. The molecule has 0 N–H and O–H groups in total. The molecule has 2 nitrogen and oxygen atoms in total. The minimum Gasteiger partial charge on any atom is -0.228 e. The molecule has 0 spiro atoms. The van der Waals surface area contributed by atoms with Gasteiger partial charge in [-0.05, 0) is 110 Å². The first-order valence-corrected chi connectivity index (χ1v) is 16.9. The van der Waals surface area contributed by atoms with Gasteiger partial charge in [0, 0.05) is 11.1 Å². The van der Waals surface area contributed by atoms with E-state index in [2.05, 4.69) is 0 Å². The molecule has 2 aromatic rings. The van der Waals surface area contributed by atoms with Crippen LogP contribution in [0.15, 0.2) is 47.5 Å². The van der Waals surface area contributed by atoms with Gasteiger partial charge in [0.1, 0.15) is 11.6 Å². The van der Waals surface area contributed by atoms with Gasteiger partial charge in [-0.25, -0.2) is 17.2 Å². The third-order valence-corrected chi connectivity index (χ3v) is 11.3. The van der Waals surface area contributed by atoms with Crippen LogP contribution < -0.4 is 0 Å². The van der Waals surface area contributed by atoms with E-state index in [1.165, 1.54) is 85.8 Å². The van der Waals surface area contributed by atoms with Crippen LogP contribution in [0.3, 0.4) is 0 Å². The average Bonchev–Trinajstić information content (AvgIpc) is 3.73. The molecule has 2 saturated carbocycles. The highest BCUT2D eigenvalue weighted by molar-refractivity contribution is 7.89. The molecule has 0 bridgehead atoms. The lowest BCUT2D eigenvalue weighted by Crippen LogP contribution is -2.10. The second-order valence-corrected chi connectivity index (χ2v) is 14.4. The molecule has 39 heavy (non-hydrogen) atoms. The third-order valence-electron chi connectivity index (χ3n) is 9.77. The van der Waals surface area contributed by atoms with E-state index in [0.29, 0.717) is 11.8 Å². The van der Waals surface area contributed by atoms with E-state index in [-0.39, 0.29) is 11.1 Å². The number of hydrogen-bond donors (Lipinski definition) is 0. The fourth-order valence-electron chi connectivity index (χ4n) is 7.87. The lowest BCUT2D eigenvalue weighted by atomic mass is 9.91. The Morgan fingerprint density at radius 2 is 1.00 bits per heavy atom. The van der Waals surface area contributed by atoms with Gasteiger partial charge in [0.2, 0.25) is 0 Å². The van der Waals surface area contributed by atoms with Crippen molar-refractivity contribution < 1.29 is 17.2 Å². The Morgan fingerprint density at radius 3 is 1.38 bits per heavy atom. The Kier molecular flexibility index (Phi) is 7.81. The molecule has 2 aromatic carbocycles. The van der Waals surface area contributed by atoms with Crippen LogP contribution in [0.25, 0.3) is 11.1 Å². The second kappa shape index (κ2) is 11.3. The van der Waals surface area contributed by atoms with Crippen LogP contribution in [0.4, 0.5) is 8.78 Å². The largest absolute Gasteiger partial charge is 0.228 e. The SMILES string of the molecule is O=S(=O)(Cc1ccc(C2=C(C3CCCC3)CCC2)cc1F)Cc1ccc(C2=C(C3CCCC3)CCC2)cc1F. The average molecular weight is 551 g/mol. The van der Waals surface area contributed by atoms with Crippen molar-refractivity contribution in [3.05, 3.63) is 81.4 Å². The maximum atomic E-state index is 15.2. The van der Waals surface area contributed by atoms with E-state index in [1.807, 2.05) is 12.1 Å². The Hall–Kier alpha value is -2.27. The van der Waals surface area contributed by atoms with Crippen LogP contribution in [0.2, 0.25) is 0 Å². The topological polar surface area (TPSA) is 34.1 Å². The molecular formula is C34H40F2O2S. The summed E-state index contributed by atoms with van der Waals surface area (Å²) in [6.45, 7) is 0. The predicted octanol–water partition coefficient (Wildman–Crippen LogP) is 9.34. The molecule has 208 valence electrons. The number of hydrogen-bond acceptors (Lipinski definition) is 2. The monoisotopic (exact) mass is 550 g/mol. The predicted molar refractivity (Wildman–Crippen MR) is 155 cm³/mol. The van der Waals surface area contributed by atoms with Crippen molar-refractivity contribution in [1.29, 1.82) is 0 Å². The van der Waals surface area contributed by atoms with E-state index in [0.717, 1.165) is 49.7 Å². The summed E-state index contributed by atoms with van der Waals surface area (Å²) in [7, 11) is -3.75. The first-order valence-electron chi connectivity index (χ1n) is 15.1. The van der Waals surface area contributed by atoms with Crippen molar-refractivity contribution in [3.63, 3.8) is 0 Å². The van der Waals surface area contributed by atoms with Crippen LogP contribution in [0, 0.1) is 23.5 Å². The van der Waals surface area contributed by atoms with Gasteiger partial charge in [0.05, 0.1) is 11.5 Å². The van der Waals surface area contributed by atoms with Crippen LogP contribution in [-0.2, 0) is 21.3 Å². The number of benzene rings is 2. The summed E-state index contributed by atoms with van der Waals surface area (Å²) < 4.78 is 56.5. The second-order valence-electron chi connectivity index (χ2n) is 12.3. The summed E-state index contributed by atoms with van der Waals surface area (Å²) in [6.07, 6.45) is 16.4. The van der Waals surface area contributed by atoms with Crippen LogP contribution in [-0.4, -0.2) is 8.42 Å². The molecular weight excluding hydrogens is 510 g/mol. The van der Waals surface area contributed by atoms with Crippen LogP contribution in [0.5, 0.6) is 0 Å². The van der Waals surface area contributed by atoms with Gasteiger partial charge in [0.25, 0.3) is 0 Å². The van der Waals surface area contributed by atoms with Crippen LogP contribution >= 0.6 is 0 Å². The fraction of sp³-hybridized carbons (Fsp3) is 0.529. The molecule has 0 atom stereocenters. The Balaban J connectivity index is 1.17. The van der Waals surface area contributed by atoms with Gasteiger partial charge in [-0.1, -0.05) is 61.1 Å². The minimum absolute atomic E-state index is 0.161. The number of sulfone groups is 1. The summed E-state index contributed by atoms with van der Waals surface area (Å²) in [5, 5.41) is 0. The molecule has 0 radical (unpaired) electrons. The maximum Gasteiger partial charge on any atom is 0.158 e. The van der Waals surface area contributed by atoms with E-state index >= 15 is 8.78 Å². The number of rotatable bonds is 8. The van der Waals surface area contributed by atoms with Gasteiger partial charge in [0.15, 0.2) is 9.84 Å². The smallest absolute Gasteiger partial charge is 0.158 e. The molecule has 4 aliphatic rings. The van der Waals surface area contributed by atoms with Crippen molar-refractivity contribution in [1.82, 2.24) is 0 Å². The van der Waals surface area contributed by atoms with E-state index in [1.54, 1.807) is 12.1 Å². The summed E-state index contributed by atoms with van der Waals surface area (Å²) >= 11 is 0. The quantitative estimate of drug-likeness (QED) is 0.328. The van der Waals surface area contributed by atoms with Gasteiger partial charge in [-0.2, -0.15) is 0 Å². The molecule has 6 rings (SSSR count). The minimum atomic E-state index is -3.75. The summed E-state index contributed by atoms with van der Waals surface area (Å²) in [5.74, 6) is -0.552. The molecule has 0 unspecified atom stereocenters. The Bertz CT molecular complexity index is 1310. The molecule has 0 aliphatic heterocycles. The summed E-state index contributed by atoms with van der Waals surface area (Å²) in [5.41, 5.74) is 7.64. The summed E-state index contributed by atoms with van der Waals surface area (Å²) in [4.78, 5) is 0. The first kappa shape index (κ1) is 26.9. The van der Waals surface area contributed by atoms with Crippen molar-refractivity contribution in [2.24, 2.45) is 11.8 Å². The van der Waals surface area contributed by atoms with Gasteiger partial charge >= 0.3 is 0 Å². The lowest BCUT2D eigenvalue weighted by molar-refractivity contribution is 0.580. The number of halogens is 2. The first-order chi connectivity index (χ1) is 18.9. The molecule has 0 amide bonds. The normalized spacial score (nSPS) is 21.2. The molecule has 5 heteroatoms. The van der Waals surface area contributed by atoms with Crippen molar-refractivity contribution in [3.8, 4) is 0 Å². The molecule has 0 saturated heterocycles. The van der Waals surface area contributed by atoms with Crippen molar-refractivity contribution >= 4 is 21.0 Å². The number of allylic oxidation sites excluding steroid dienone is 4. The highest BCUT2D eigenvalue weighted by Gasteiger charge is 2.28. The highest BCUT2D eigenvalue weighted by Crippen LogP contribution is 2.45. The maximum absolute atomic E-state index is 15.2. The van der Waals surface area contributed by atoms with Gasteiger partial charge < -0.3 is 0 Å². The highest BCUT2D eigenvalue weighted by atomic mass is 32.2. The molecule has 0 aromatic heterocycles. The zero-order valence-electron chi connectivity index (χ0n) is 22.9. The van der Waals surface area contributed by atoms with Gasteiger partial charge in [-0.15, -0.1) is 0 Å².